The van der Waals surface area contributed by atoms with Gasteiger partial charge in [0, 0.05) is 13.2 Å². The maximum absolute atomic E-state index is 9.06. The smallest absolute Gasteiger partial charge is 0.0585 e. The van der Waals surface area contributed by atoms with Crippen molar-refractivity contribution in [1.82, 2.24) is 5.32 Å². The minimum atomic E-state index is -0.205. The third-order valence-electron chi connectivity index (χ3n) is 1.69. The SMILES string of the molecule is CO.OCC1CC(O)CCN1. The lowest BCUT2D eigenvalue weighted by Crippen LogP contribution is -2.42. The molecule has 11 heavy (non-hydrogen) atoms. The van der Waals surface area contributed by atoms with Crippen molar-refractivity contribution >= 4 is 0 Å². The van der Waals surface area contributed by atoms with Crippen LogP contribution in [0.5, 0.6) is 0 Å². The van der Waals surface area contributed by atoms with E-state index in [1.54, 1.807) is 0 Å². The summed E-state index contributed by atoms with van der Waals surface area (Å²) >= 11 is 0. The van der Waals surface area contributed by atoms with Crippen molar-refractivity contribution in [1.29, 1.82) is 0 Å². The van der Waals surface area contributed by atoms with E-state index in [4.69, 9.17) is 15.3 Å². The van der Waals surface area contributed by atoms with Crippen LogP contribution in [0.4, 0.5) is 0 Å². The molecule has 1 saturated heterocycles. The molecule has 0 radical (unpaired) electrons. The normalized spacial score (nSPS) is 30.5. The fourth-order valence-electron chi connectivity index (χ4n) is 1.12. The quantitative estimate of drug-likeness (QED) is 0.388. The summed E-state index contributed by atoms with van der Waals surface area (Å²) in [5.74, 6) is 0. The molecule has 68 valence electrons. The largest absolute Gasteiger partial charge is 0.400 e. The van der Waals surface area contributed by atoms with E-state index in [1.807, 2.05) is 0 Å². The van der Waals surface area contributed by atoms with Crippen LogP contribution in [-0.2, 0) is 0 Å². The van der Waals surface area contributed by atoms with E-state index in [0.29, 0.717) is 6.42 Å². The average Bonchev–Trinajstić information content (AvgIpc) is 2.08. The molecule has 1 rings (SSSR count). The predicted molar refractivity (Wildman–Crippen MR) is 42.3 cm³/mol. The Kier molecular flexibility index (Phi) is 6.45. The van der Waals surface area contributed by atoms with Crippen molar-refractivity contribution in [3.05, 3.63) is 0 Å². The zero-order valence-corrected chi connectivity index (χ0v) is 6.82. The highest BCUT2D eigenvalue weighted by molar-refractivity contribution is 4.76. The molecule has 2 atom stereocenters. The first-order chi connectivity index (χ1) is 5.33. The Morgan fingerprint density at radius 2 is 2.09 bits per heavy atom. The second-order valence-electron chi connectivity index (χ2n) is 2.51. The average molecular weight is 163 g/mol. The molecule has 0 aliphatic carbocycles. The zero-order chi connectivity index (χ0) is 8.69. The Balaban J connectivity index is 0.000000461. The molecule has 1 heterocycles. The van der Waals surface area contributed by atoms with Gasteiger partial charge in [-0.1, -0.05) is 0 Å². The summed E-state index contributed by atoms with van der Waals surface area (Å²) in [5.41, 5.74) is 0. The van der Waals surface area contributed by atoms with Gasteiger partial charge in [-0.05, 0) is 19.4 Å². The summed E-state index contributed by atoms with van der Waals surface area (Å²) in [7, 11) is 1.00. The molecular formula is C7H17NO3. The Hall–Kier alpha value is -0.160. The minimum Gasteiger partial charge on any atom is -0.400 e. The van der Waals surface area contributed by atoms with E-state index in [9.17, 15) is 0 Å². The van der Waals surface area contributed by atoms with Crippen LogP contribution in [-0.4, -0.2) is 47.7 Å². The highest BCUT2D eigenvalue weighted by atomic mass is 16.3. The third kappa shape index (κ3) is 4.31. The van der Waals surface area contributed by atoms with Gasteiger partial charge in [-0.25, -0.2) is 0 Å². The van der Waals surface area contributed by atoms with Gasteiger partial charge in [-0.3, -0.25) is 0 Å². The molecule has 1 aliphatic rings. The number of hydrogen-bond acceptors (Lipinski definition) is 4. The highest BCUT2D eigenvalue weighted by Crippen LogP contribution is 2.06. The zero-order valence-electron chi connectivity index (χ0n) is 6.82. The maximum atomic E-state index is 9.06. The molecule has 0 saturated carbocycles. The summed E-state index contributed by atoms with van der Waals surface area (Å²) in [6.07, 6.45) is 1.30. The molecule has 4 heteroatoms. The van der Waals surface area contributed by atoms with Gasteiger partial charge in [-0.15, -0.1) is 0 Å². The Morgan fingerprint density at radius 3 is 2.45 bits per heavy atom. The first-order valence-electron chi connectivity index (χ1n) is 3.80. The van der Waals surface area contributed by atoms with Crippen LogP contribution in [0.1, 0.15) is 12.8 Å². The summed E-state index contributed by atoms with van der Waals surface area (Å²) in [6.45, 7) is 0.962. The van der Waals surface area contributed by atoms with Crippen LogP contribution in [0, 0.1) is 0 Å². The van der Waals surface area contributed by atoms with Gasteiger partial charge >= 0.3 is 0 Å². The van der Waals surface area contributed by atoms with Crippen LogP contribution < -0.4 is 5.32 Å². The third-order valence-corrected chi connectivity index (χ3v) is 1.69. The number of rotatable bonds is 1. The van der Waals surface area contributed by atoms with Crippen molar-refractivity contribution in [3.8, 4) is 0 Å². The molecule has 2 unspecified atom stereocenters. The van der Waals surface area contributed by atoms with Crippen LogP contribution in [0.3, 0.4) is 0 Å². The van der Waals surface area contributed by atoms with E-state index in [1.165, 1.54) is 0 Å². The maximum Gasteiger partial charge on any atom is 0.0585 e. The second kappa shape index (κ2) is 6.54. The van der Waals surface area contributed by atoms with Gasteiger partial charge in [0.25, 0.3) is 0 Å². The lowest BCUT2D eigenvalue weighted by molar-refractivity contribution is 0.0956. The Morgan fingerprint density at radius 1 is 1.45 bits per heavy atom. The van der Waals surface area contributed by atoms with Gasteiger partial charge in [0.05, 0.1) is 12.7 Å². The van der Waals surface area contributed by atoms with E-state index in [0.717, 1.165) is 20.1 Å². The molecule has 0 amide bonds. The van der Waals surface area contributed by atoms with Crippen molar-refractivity contribution in [3.63, 3.8) is 0 Å². The summed E-state index contributed by atoms with van der Waals surface area (Å²) < 4.78 is 0. The highest BCUT2D eigenvalue weighted by Gasteiger charge is 2.17. The van der Waals surface area contributed by atoms with Crippen molar-refractivity contribution in [2.75, 3.05) is 20.3 Å². The molecule has 1 fully saturated rings. The van der Waals surface area contributed by atoms with E-state index >= 15 is 0 Å². The molecule has 1 aliphatic heterocycles. The van der Waals surface area contributed by atoms with Crippen LogP contribution in [0.25, 0.3) is 0 Å². The molecule has 0 spiro atoms. The van der Waals surface area contributed by atoms with Gasteiger partial charge in [0.15, 0.2) is 0 Å². The topological polar surface area (TPSA) is 72.7 Å². The molecule has 4 N–H and O–H groups in total. The molecule has 0 aromatic heterocycles. The predicted octanol–water partition coefficient (Wildman–Crippen LogP) is -1.30. The molecule has 0 aromatic carbocycles. The first-order valence-corrected chi connectivity index (χ1v) is 3.80. The van der Waals surface area contributed by atoms with Crippen LogP contribution in [0.2, 0.25) is 0 Å². The summed E-state index contributed by atoms with van der Waals surface area (Å²) in [4.78, 5) is 0. The fourth-order valence-corrected chi connectivity index (χ4v) is 1.12. The Labute approximate surface area is 66.9 Å². The number of nitrogens with one attached hydrogen (secondary N) is 1. The van der Waals surface area contributed by atoms with Crippen molar-refractivity contribution in [2.45, 2.75) is 25.0 Å². The second-order valence-corrected chi connectivity index (χ2v) is 2.51. The van der Waals surface area contributed by atoms with Crippen LogP contribution in [0.15, 0.2) is 0 Å². The summed E-state index contributed by atoms with van der Waals surface area (Å²) in [5, 5.41) is 27.8. The number of aliphatic hydroxyl groups excluding tert-OH is 3. The summed E-state index contributed by atoms with van der Waals surface area (Å²) in [6, 6.07) is 0.119. The Bertz CT molecular complexity index is 89.8. The van der Waals surface area contributed by atoms with E-state index in [2.05, 4.69) is 5.32 Å². The first kappa shape index (κ1) is 10.8. The number of hydrogen-bond donors (Lipinski definition) is 4. The lowest BCUT2D eigenvalue weighted by atomic mass is 10.0. The molecule has 4 nitrogen and oxygen atoms in total. The number of piperidine rings is 1. The van der Waals surface area contributed by atoms with Crippen molar-refractivity contribution < 1.29 is 15.3 Å². The minimum absolute atomic E-state index is 0.119. The monoisotopic (exact) mass is 163 g/mol. The lowest BCUT2D eigenvalue weighted by Gasteiger charge is -2.25. The molecule has 0 aromatic rings. The van der Waals surface area contributed by atoms with Gasteiger partial charge in [0.2, 0.25) is 0 Å². The van der Waals surface area contributed by atoms with Gasteiger partial charge in [0.1, 0.15) is 0 Å². The van der Waals surface area contributed by atoms with E-state index < -0.39 is 0 Å². The van der Waals surface area contributed by atoms with E-state index in [-0.39, 0.29) is 18.8 Å². The molecular weight excluding hydrogens is 146 g/mol. The van der Waals surface area contributed by atoms with Gasteiger partial charge in [-0.2, -0.15) is 0 Å². The standard InChI is InChI=1S/C6H13NO2.CH4O/c8-4-5-3-6(9)1-2-7-5;1-2/h5-9H,1-4H2;2H,1H3. The molecule has 0 bridgehead atoms. The van der Waals surface area contributed by atoms with Gasteiger partial charge < -0.3 is 20.6 Å². The van der Waals surface area contributed by atoms with Crippen LogP contribution >= 0.6 is 0 Å². The van der Waals surface area contributed by atoms with Crippen molar-refractivity contribution in [2.24, 2.45) is 0 Å². The fraction of sp³-hybridized carbons (Fsp3) is 1.00. The number of aliphatic hydroxyl groups is 3.